The van der Waals surface area contributed by atoms with E-state index in [-0.39, 0.29) is 5.91 Å². The predicted octanol–water partition coefficient (Wildman–Crippen LogP) is 4.50. The predicted molar refractivity (Wildman–Crippen MR) is 124 cm³/mol. The smallest absolute Gasteiger partial charge is 0.230 e. The summed E-state index contributed by atoms with van der Waals surface area (Å²) in [6.07, 6.45) is 0.936. The number of thioether (sulfide) groups is 2. The highest BCUT2D eigenvalue weighted by Crippen LogP contribution is 2.25. The van der Waals surface area contributed by atoms with Gasteiger partial charge in [0.1, 0.15) is 0 Å². The number of aryl methyl sites for hydroxylation is 1. The van der Waals surface area contributed by atoms with Crippen LogP contribution in [0.5, 0.6) is 0 Å². The summed E-state index contributed by atoms with van der Waals surface area (Å²) in [6.45, 7) is 3.54. The number of nitrogens with zero attached hydrogens (tertiary/aromatic N) is 2. The molecule has 0 aliphatic rings. The monoisotopic (exact) mass is 444 g/mol. The Bertz CT molecular complexity index is 884. The minimum Gasteiger partial charge on any atom is -0.360 e. The van der Waals surface area contributed by atoms with Crippen LogP contribution in [0.2, 0.25) is 0 Å². The second kappa shape index (κ2) is 11.8. The number of nitrogens with one attached hydrogen (secondary N) is 2. The van der Waals surface area contributed by atoms with Gasteiger partial charge in [0.2, 0.25) is 11.0 Å². The van der Waals surface area contributed by atoms with Gasteiger partial charge in [-0.25, -0.2) is 0 Å². The summed E-state index contributed by atoms with van der Waals surface area (Å²) in [5.74, 6) is 1.23. The van der Waals surface area contributed by atoms with Crippen LogP contribution in [-0.2, 0) is 11.2 Å². The molecule has 0 spiro atoms. The number of carbonyl (C=O) groups excluding carboxylic acids is 1. The Kier molecular flexibility index (Phi) is 8.85. The molecular weight excluding hydrogens is 420 g/mol. The van der Waals surface area contributed by atoms with Gasteiger partial charge in [0, 0.05) is 23.7 Å². The van der Waals surface area contributed by atoms with Crippen molar-refractivity contribution in [2.24, 2.45) is 0 Å². The highest BCUT2D eigenvalue weighted by Gasteiger charge is 2.08. The number of hydrogen-bond acceptors (Lipinski definition) is 7. The molecule has 0 saturated carbocycles. The van der Waals surface area contributed by atoms with Crippen LogP contribution in [0.25, 0.3) is 0 Å². The summed E-state index contributed by atoms with van der Waals surface area (Å²) in [4.78, 5) is 13.2. The number of amides is 1. The minimum absolute atomic E-state index is 0.0216. The van der Waals surface area contributed by atoms with Crippen LogP contribution < -0.4 is 10.6 Å². The molecule has 2 aromatic carbocycles. The third kappa shape index (κ3) is 8.08. The Balaban J connectivity index is 1.28. The van der Waals surface area contributed by atoms with Gasteiger partial charge >= 0.3 is 0 Å². The maximum absolute atomic E-state index is 12.0. The van der Waals surface area contributed by atoms with E-state index in [4.69, 9.17) is 0 Å². The molecule has 2 N–H and O–H groups in total. The van der Waals surface area contributed by atoms with Crippen LogP contribution in [0.15, 0.2) is 63.8 Å². The fourth-order valence-electron chi connectivity index (χ4n) is 2.47. The molecule has 0 bridgehead atoms. The van der Waals surface area contributed by atoms with Gasteiger partial charge < -0.3 is 10.6 Å². The number of hydrogen-bond donors (Lipinski definition) is 2. The van der Waals surface area contributed by atoms with Crippen molar-refractivity contribution in [3.05, 3.63) is 65.7 Å². The third-order valence-electron chi connectivity index (χ3n) is 3.98. The fourth-order valence-corrected chi connectivity index (χ4v) is 4.85. The summed E-state index contributed by atoms with van der Waals surface area (Å²) in [5.41, 5.74) is 2.54. The largest absolute Gasteiger partial charge is 0.360 e. The zero-order valence-electron chi connectivity index (χ0n) is 16.3. The van der Waals surface area contributed by atoms with Gasteiger partial charge in [-0.05, 0) is 31.0 Å². The van der Waals surface area contributed by atoms with Crippen LogP contribution in [0.1, 0.15) is 11.1 Å². The highest BCUT2D eigenvalue weighted by atomic mass is 32.2. The first kappa shape index (κ1) is 21.7. The van der Waals surface area contributed by atoms with Gasteiger partial charge in [-0.1, -0.05) is 71.1 Å². The van der Waals surface area contributed by atoms with E-state index in [1.54, 1.807) is 11.8 Å². The van der Waals surface area contributed by atoms with E-state index in [1.165, 1.54) is 39.1 Å². The van der Waals surface area contributed by atoms with Crippen molar-refractivity contribution in [3.8, 4) is 0 Å². The normalized spacial score (nSPS) is 10.7. The first-order valence-corrected chi connectivity index (χ1v) is 12.2. The van der Waals surface area contributed by atoms with Gasteiger partial charge in [0.15, 0.2) is 4.34 Å². The zero-order chi connectivity index (χ0) is 20.3. The Labute approximate surface area is 184 Å². The molecule has 1 heterocycles. The number of aromatic nitrogens is 2. The molecule has 3 aromatic rings. The molecule has 8 heteroatoms. The van der Waals surface area contributed by atoms with Gasteiger partial charge in [-0.15, -0.1) is 22.0 Å². The molecule has 0 fully saturated rings. The van der Waals surface area contributed by atoms with Gasteiger partial charge in [0.25, 0.3) is 0 Å². The zero-order valence-corrected chi connectivity index (χ0v) is 18.7. The molecule has 0 atom stereocenters. The molecule has 5 nitrogen and oxygen atoms in total. The first-order valence-electron chi connectivity index (χ1n) is 9.39. The van der Waals surface area contributed by atoms with Crippen molar-refractivity contribution < 1.29 is 4.79 Å². The topological polar surface area (TPSA) is 66.9 Å². The quantitative estimate of drug-likeness (QED) is 0.335. The SMILES string of the molecule is Cc1ccc(SCCNC(=O)CSc2nnc(NCCc3ccccc3)s2)cc1. The number of benzene rings is 2. The fraction of sp³-hybridized carbons (Fsp3) is 0.286. The molecule has 1 amide bonds. The minimum atomic E-state index is 0.0216. The van der Waals surface area contributed by atoms with E-state index in [9.17, 15) is 4.79 Å². The highest BCUT2D eigenvalue weighted by molar-refractivity contribution is 8.01. The van der Waals surface area contributed by atoms with Crippen molar-refractivity contribution >= 4 is 45.9 Å². The summed E-state index contributed by atoms with van der Waals surface area (Å²) >= 11 is 4.65. The average molecular weight is 445 g/mol. The van der Waals surface area contributed by atoms with Crippen molar-refractivity contribution in [2.45, 2.75) is 22.6 Å². The second-order valence-electron chi connectivity index (χ2n) is 6.34. The summed E-state index contributed by atoms with van der Waals surface area (Å²) < 4.78 is 0.802. The maximum Gasteiger partial charge on any atom is 0.230 e. The second-order valence-corrected chi connectivity index (χ2v) is 9.70. The Morgan fingerprint density at radius 1 is 1.00 bits per heavy atom. The molecule has 29 heavy (non-hydrogen) atoms. The molecule has 0 unspecified atom stereocenters. The summed E-state index contributed by atoms with van der Waals surface area (Å²) in [7, 11) is 0. The van der Waals surface area contributed by atoms with E-state index in [0.29, 0.717) is 12.3 Å². The average Bonchev–Trinajstić information content (AvgIpc) is 3.19. The van der Waals surface area contributed by atoms with Crippen LogP contribution >= 0.6 is 34.9 Å². The van der Waals surface area contributed by atoms with Crippen molar-refractivity contribution in [1.29, 1.82) is 0 Å². The molecule has 3 rings (SSSR count). The van der Waals surface area contributed by atoms with E-state index >= 15 is 0 Å². The molecule has 1 aromatic heterocycles. The number of anilines is 1. The van der Waals surface area contributed by atoms with Crippen molar-refractivity contribution in [1.82, 2.24) is 15.5 Å². The molecule has 152 valence electrons. The van der Waals surface area contributed by atoms with Gasteiger partial charge in [-0.2, -0.15) is 0 Å². The van der Waals surface area contributed by atoms with Gasteiger partial charge in [0.05, 0.1) is 5.75 Å². The van der Waals surface area contributed by atoms with E-state index in [0.717, 1.165) is 28.2 Å². The van der Waals surface area contributed by atoms with Crippen LogP contribution in [-0.4, -0.2) is 40.7 Å². The van der Waals surface area contributed by atoms with Crippen LogP contribution in [0, 0.1) is 6.92 Å². The number of rotatable bonds is 11. The molecule has 0 aliphatic carbocycles. The lowest BCUT2D eigenvalue weighted by molar-refractivity contribution is -0.118. The van der Waals surface area contributed by atoms with Crippen LogP contribution in [0.3, 0.4) is 0 Å². The van der Waals surface area contributed by atoms with E-state index in [1.807, 2.05) is 18.2 Å². The van der Waals surface area contributed by atoms with E-state index < -0.39 is 0 Å². The van der Waals surface area contributed by atoms with Crippen molar-refractivity contribution in [2.75, 3.05) is 29.9 Å². The summed E-state index contributed by atoms with van der Waals surface area (Å²) in [5, 5.41) is 15.3. The van der Waals surface area contributed by atoms with E-state index in [2.05, 4.69) is 64.2 Å². The lowest BCUT2D eigenvalue weighted by Gasteiger charge is -2.04. The molecule has 0 aliphatic heterocycles. The van der Waals surface area contributed by atoms with Crippen LogP contribution in [0.4, 0.5) is 5.13 Å². The molecule has 0 saturated heterocycles. The standard InChI is InChI=1S/C21H24N4OS3/c1-16-7-9-18(10-8-16)27-14-13-22-19(26)15-28-21-25-24-20(29-21)23-12-11-17-5-3-2-4-6-17/h2-10H,11-15H2,1H3,(H,22,26)(H,23,24). The lowest BCUT2D eigenvalue weighted by atomic mass is 10.2. The van der Waals surface area contributed by atoms with Gasteiger partial charge in [-0.3, -0.25) is 4.79 Å². The first-order chi connectivity index (χ1) is 14.2. The van der Waals surface area contributed by atoms with Crippen molar-refractivity contribution in [3.63, 3.8) is 0 Å². The number of carbonyl (C=O) groups is 1. The lowest BCUT2D eigenvalue weighted by Crippen LogP contribution is -2.27. The maximum atomic E-state index is 12.0. The Hall–Kier alpha value is -2.03. The molecular formula is C21H24N4OS3. The Morgan fingerprint density at radius 2 is 1.79 bits per heavy atom. The Morgan fingerprint density at radius 3 is 2.59 bits per heavy atom. The molecule has 0 radical (unpaired) electrons. The third-order valence-corrected chi connectivity index (χ3v) is 7.01. The summed E-state index contributed by atoms with van der Waals surface area (Å²) in [6, 6.07) is 18.8.